The van der Waals surface area contributed by atoms with Gasteiger partial charge in [-0.15, -0.1) is 0 Å². The molecule has 4 nitrogen and oxygen atoms in total. The predicted octanol–water partition coefficient (Wildman–Crippen LogP) is 1.66. The second kappa shape index (κ2) is 6.16. The summed E-state index contributed by atoms with van der Waals surface area (Å²) in [6.07, 6.45) is 4.33. The molecule has 0 spiro atoms. The second-order valence-corrected chi connectivity index (χ2v) is 5.14. The van der Waals surface area contributed by atoms with Crippen molar-refractivity contribution in [2.45, 2.75) is 38.4 Å². The van der Waals surface area contributed by atoms with Crippen LogP contribution in [0.1, 0.15) is 25.3 Å². The molecule has 2 rings (SSSR count). The van der Waals surface area contributed by atoms with Gasteiger partial charge in [0.25, 0.3) is 0 Å². The van der Waals surface area contributed by atoms with Gasteiger partial charge in [0.15, 0.2) is 0 Å². The molecule has 1 aromatic heterocycles. The van der Waals surface area contributed by atoms with E-state index in [-0.39, 0.29) is 0 Å². The van der Waals surface area contributed by atoms with Crippen molar-refractivity contribution in [3.63, 3.8) is 0 Å². The van der Waals surface area contributed by atoms with Crippen molar-refractivity contribution >= 4 is 0 Å². The Kier molecular flexibility index (Phi) is 4.55. The number of methoxy groups -OCH3 is 1. The molecule has 2 atom stereocenters. The van der Waals surface area contributed by atoms with Gasteiger partial charge in [-0.3, -0.25) is 0 Å². The first-order chi connectivity index (χ1) is 8.69. The van der Waals surface area contributed by atoms with Gasteiger partial charge >= 0.3 is 0 Å². The van der Waals surface area contributed by atoms with Gasteiger partial charge in [0.2, 0.25) is 5.88 Å². The normalized spacial score (nSPS) is 25.1. The minimum absolute atomic E-state index is 0.623. The number of hydrogen-bond acceptors (Lipinski definition) is 4. The van der Waals surface area contributed by atoms with E-state index >= 15 is 0 Å². The maximum absolute atomic E-state index is 5.05. The van der Waals surface area contributed by atoms with E-state index in [1.165, 1.54) is 24.9 Å². The summed E-state index contributed by atoms with van der Waals surface area (Å²) < 4.78 is 5.05. The molecule has 0 aliphatic carbocycles. The largest absolute Gasteiger partial charge is 0.481 e. The summed E-state index contributed by atoms with van der Waals surface area (Å²) in [4.78, 5) is 6.64. The van der Waals surface area contributed by atoms with Crippen LogP contribution in [0.15, 0.2) is 18.3 Å². The molecule has 2 heterocycles. The Morgan fingerprint density at radius 3 is 2.94 bits per heavy atom. The van der Waals surface area contributed by atoms with Crippen LogP contribution < -0.4 is 10.1 Å². The van der Waals surface area contributed by atoms with Crippen molar-refractivity contribution in [1.82, 2.24) is 15.2 Å². The zero-order valence-electron chi connectivity index (χ0n) is 11.5. The molecule has 1 saturated heterocycles. The number of nitrogens with zero attached hydrogens (tertiary/aromatic N) is 2. The molecule has 2 unspecified atom stereocenters. The maximum atomic E-state index is 5.05. The first kappa shape index (κ1) is 13.3. The fourth-order valence-corrected chi connectivity index (χ4v) is 2.37. The highest BCUT2D eigenvalue weighted by molar-refractivity contribution is 5.17. The van der Waals surface area contributed by atoms with E-state index in [2.05, 4.69) is 35.2 Å². The van der Waals surface area contributed by atoms with Crippen LogP contribution in [-0.2, 0) is 6.54 Å². The summed E-state index contributed by atoms with van der Waals surface area (Å²) in [5, 5.41) is 3.62. The molecule has 4 heteroatoms. The lowest BCUT2D eigenvalue weighted by Gasteiger charge is -2.35. The minimum atomic E-state index is 0.623. The lowest BCUT2D eigenvalue weighted by atomic mass is 9.99. The number of pyridine rings is 1. The highest BCUT2D eigenvalue weighted by atomic mass is 16.5. The van der Waals surface area contributed by atoms with E-state index < -0.39 is 0 Å². The van der Waals surface area contributed by atoms with Gasteiger partial charge in [-0.25, -0.2) is 4.98 Å². The fourth-order valence-electron chi connectivity index (χ4n) is 2.37. The van der Waals surface area contributed by atoms with Crippen LogP contribution >= 0.6 is 0 Å². The summed E-state index contributed by atoms with van der Waals surface area (Å²) >= 11 is 0. The molecule has 1 fully saturated rings. The Hall–Kier alpha value is -1.13. The third kappa shape index (κ3) is 3.43. The number of nitrogens with one attached hydrogen (secondary N) is 1. The van der Waals surface area contributed by atoms with Crippen molar-refractivity contribution in [2.24, 2.45) is 0 Å². The molecule has 0 saturated carbocycles. The maximum Gasteiger partial charge on any atom is 0.212 e. The van der Waals surface area contributed by atoms with E-state index in [1.807, 2.05) is 12.3 Å². The lowest BCUT2D eigenvalue weighted by Crippen LogP contribution is -2.45. The van der Waals surface area contributed by atoms with Crippen LogP contribution in [0.5, 0.6) is 5.88 Å². The standard InChI is InChI=1S/C14H23N3O/c1-11-8-13(6-7-17(11)2)15-9-12-4-5-14(18-3)16-10-12/h4-5,10-11,13,15H,6-9H2,1-3H3. The third-order valence-electron chi connectivity index (χ3n) is 3.81. The summed E-state index contributed by atoms with van der Waals surface area (Å²) in [5.41, 5.74) is 1.21. The number of hydrogen-bond donors (Lipinski definition) is 1. The second-order valence-electron chi connectivity index (χ2n) is 5.14. The van der Waals surface area contributed by atoms with Gasteiger partial charge in [-0.1, -0.05) is 6.07 Å². The smallest absolute Gasteiger partial charge is 0.212 e. The van der Waals surface area contributed by atoms with Crippen LogP contribution in [0.25, 0.3) is 0 Å². The molecule has 0 bridgehead atoms. The van der Waals surface area contributed by atoms with E-state index in [9.17, 15) is 0 Å². The minimum Gasteiger partial charge on any atom is -0.481 e. The van der Waals surface area contributed by atoms with Gasteiger partial charge in [-0.2, -0.15) is 0 Å². The van der Waals surface area contributed by atoms with Crippen LogP contribution in [0, 0.1) is 0 Å². The summed E-state index contributed by atoms with van der Waals surface area (Å²) in [7, 11) is 3.84. The monoisotopic (exact) mass is 249 g/mol. The van der Waals surface area contributed by atoms with Crippen molar-refractivity contribution < 1.29 is 4.74 Å². The number of likely N-dealkylation sites (tertiary alicyclic amines) is 1. The molecule has 18 heavy (non-hydrogen) atoms. The van der Waals surface area contributed by atoms with Gasteiger partial charge in [0.05, 0.1) is 7.11 Å². The van der Waals surface area contributed by atoms with E-state index in [1.54, 1.807) is 7.11 Å². The lowest BCUT2D eigenvalue weighted by molar-refractivity contribution is 0.168. The zero-order valence-corrected chi connectivity index (χ0v) is 11.5. The Bertz CT molecular complexity index is 366. The van der Waals surface area contributed by atoms with Gasteiger partial charge in [0.1, 0.15) is 0 Å². The summed E-state index contributed by atoms with van der Waals surface area (Å²) in [5.74, 6) is 0.673. The van der Waals surface area contributed by atoms with Crippen LogP contribution in [0.3, 0.4) is 0 Å². The first-order valence-corrected chi connectivity index (χ1v) is 6.61. The Morgan fingerprint density at radius 2 is 2.33 bits per heavy atom. The van der Waals surface area contributed by atoms with Gasteiger partial charge in [0, 0.05) is 30.9 Å². The van der Waals surface area contributed by atoms with Crippen LogP contribution in [0.4, 0.5) is 0 Å². The third-order valence-corrected chi connectivity index (χ3v) is 3.81. The Balaban J connectivity index is 1.80. The van der Waals surface area contributed by atoms with Crippen molar-refractivity contribution in [1.29, 1.82) is 0 Å². The molecular formula is C14H23N3O. The van der Waals surface area contributed by atoms with E-state index in [4.69, 9.17) is 4.74 Å². The molecule has 1 aliphatic heterocycles. The SMILES string of the molecule is COc1ccc(CNC2CCN(C)C(C)C2)cn1. The quantitative estimate of drug-likeness (QED) is 0.880. The highest BCUT2D eigenvalue weighted by Crippen LogP contribution is 2.16. The molecule has 1 N–H and O–H groups in total. The molecule has 0 aromatic carbocycles. The van der Waals surface area contributed by atoms with Crippen molar-refractivity contribution in [3.8, 4) is 5.88 Å². The van der Waals surface area contributed by atoms with Crippen LogP contribution in [-0.4, -0.2) is 42.7 Å². The van der Waals surface area contributed by atoms with E-state index in [0.717, 1.165) is 6.54 Å². The first-order valence-electron chi connectivity index (χ1n) is 6.61. The van der Waals surface area contributed by atoms with Crippen LogP contribution in [0.2, 0.25) is 0 Å². The number of ether oxygens (including phenoxy) is 1. The molecule has 0 radical (unpaired) electrons. The Labute approximate surface area is 109 Å². The molecule has 1 aromatic rings. The number of aromatic nitrogens is 1. The van der Waals surface area contributed by atoms with Crippen molar-refractivity contribution in [2.75, 3.05) is 20.7 Å². The summed E-state index contributed by atoms with van der Waals surface area (Å²) in [6, 6.07) is 5.27. The summed E-state index contributed by atoms with van der Waals surface area (Å²) in [6.45, 7) is 4.36. The molecule has 1 aliphatic rings. The average Bonchev–Trinajstić information content (AvgIpc) is 2.41. The number of piperidine rings is 1. The molecule has 0 amide bonds. The molecular weight excluding hydrogens is 226 g/mol. The average molecular weight is 249 g/mol. The fraction of sp³-hybridized carbons (Fsp3) is 0.643. The highest BCUT2D eigenvalue weighted by Gasteiger charge is 2.21. The molecule has 100 valence electrons. The topological polar surface area (TPSA) is 37.4 Å². The zero-order chi connectivity index (χ0) is 13.0. The van der Waals surface area contributed by atoms with Gasteiger partial charge in [-0.05, 0) is 38.9 Å². The predicted molar refractivity (Wildman–Crippen MR) is 72.7 cm³/mol. The van der Waals surface area contributed by atoms with Crippen molar-refractivity contribution in [3.05, 3.63) is 23.9 Å². The van der Waals surface area contributed by atoms with Gasteiger partial charge < -0.3 is 15.0 Å². The van der Waals surface area contributed by atoms with E-state index in [0.29, 0.717) is 18.0 Å². The Morgan fingerprint density at radius 1 is 1.50 bits per heavy atom. The number of rotatable bonds is 4.